The molecule has 1 aliphatic heterocycles. The van der Waals surface area contributed by atoms with E-state index in [0.717, 1.165) is 25.4 Å². The summed E-state index contributed by atoms with van der Waals surface area (Å²) in [5, 5.41) is 2.72. The summed E-state index contributed by atoms with van der Waals surface area (Å²) in [5.41, 5.74) is 0. The van der Waals surface area contributed by atoms with Gasteiger partial charge in [0.1, 0.15) is 5.76 Å². The quantitative estimate of drug-likeness (QED) is 0.842. The molecule has 0 saturated carbocycles. The van der Waals surface area contributed by atoms with E-state index in [-0.39, 0.29) is 5.91 Å². The molecule has 1 aliphatic rings. The van der Waals surface area contributed by atoms with Gasteiger partial charge in [0.15, 0.2) is 5.76 Å². The summed E-state index contributed by atoms with van der Waals surface area (Å²) in [6.45, 7) is 5.61. The maximum Gasteiger partial charge on any atom is 0.286 e. The predicted octanol–water partition coefficient (Wildman–Crippen LogP) is 1.63. The first-order valence-corrected chi connectivity index (χ1v) is 5.89. The highest BCUT2D eigenvalue weighted by atomic mass is 16.4. The number of rotatable bonds is 4. The van der Waals surface area contributed by atoms with Crippen molar-refractivity contribution in [3.05, 3.63) is 23.7 Å². The summed E-state index contributed by atoms with van der Waals surface area (Å²) in [4.78, 5) is 13.8. The van der Waals surface area contributed by atoms with Crippen molar-refractivity contribution in [2.24, 2.45) is 0 Å². The Labute approximate surface area is 95.6 Å². The van der Waals surface area contributed by atoms with Crippen LogP contribution in [0, 0.1) is 0 Å². The van der Waals surface area contributed by atoms with E-state index < -0.39 is 0 Å². The SMILES string of the molecule is CCNC(=O)c1ccc(CN2CCCC2)o1. The first-order chi connectivity index (χ1) is 7.79. The third-order valence-electron chi connectivity index (χ3n) is 2.80. The maximum atomic E-state index is 11.5. The molecule has 2 rings (SSSR count). The molecule has 0 unspecified atom stereocenters. The Kier molecular flexibility index (Phi) is 3.62. The molecule has 0 bridgehead atoms. The van der Waals surface area contributed by atoms with Crippen molar-refractivity contribution in [2.45, 2.75) is 26.3 Å². The van der Waals surface area contributed by atoms with E-state index in [4.69, 9.17) is 4.42 Å². The van der Waals surface area contributed by atoms with Gasteiger partial charge in [-0.15, -0.1) is 0 Å². The second kappa shape index (κ2) is 5.16. The highest BCUT2D eigenvalue weighted by Gasteiger charge is 2.15. The monoisotopic (exact) mass is 222 g/mol. The van der Waals surface area contributed by atoms with E-state index >= 15 is 0 Å². The first kappa shape index (κ1) is 11.2. The third-order valence-corrected chi connectivity index (χ3v) is 2.80. The average Bonchev–Trinajstić information content (AvgIpc) is 2.90. The van der Waals surface area contributed by atoms with Gasteiger partial charge in [-0.05, 0) is 45.0 Å². The molecule has 1 N–H and O–H groups in total. The highest BCUT2D eigenvalue weighted by Crippen LogP contribution is 2.14. The molecule has 4 heteroatoms. The van der Waals surface area contributed by atoms with Gasteiger partial charge < -0.3 is 9.73 Å². The van der Waals surface area contributed by atoms with Gasteiger partial charge in [0.25, 0.3) is 5.91 Å². The molecule has 1 aromatic rings. The standard InChI is InChI=1S/C12H18N2O2/c1-2-13-12(15)11-6-5-10(16-11)9-14-7-3-4-8-14/h5-6H,2-4,7-9H2,1H3,(H,13,15). The van der Waals surface area contributed by atoms with Crippen molar-refractivity contribution in [3.63, 3.8) is 0 Å². The van der Waals surface area contributed by atoms with Crippen LogP contribution in [0.2, 0.25) is 0 Å². The molecule has 1 amide bonds. The van der Waals surface area contributed by atoms with E-state index in [1.54, 1.807) is 6.07 Å². The van der Waals surface area contributed by atoms with Crippen LogP contribution in [-0.2, 0) is 6.54 Å². The minimum Gasteiger partial charge on any atom is -0.455 e. The Morgan fingerprint density at radius 1 is 1.44 bits per heavy atom. The number of furan rings is 1. The molecule has 4 nitrogen and oxygen atoms in total. The number of nitrogens with zero attached hydrogens (tertiary/aromatic N) is 1. The van der Waals surface area contributed by atoms with Crippen LogP contribution in [0.25, 0.3) is 0 Å². The first-order valence-electron chi connectivity index (χ1n) is 5.89. The Hall–Kier alpha value is -1.29. The van der Waals surface area contributed by atoms with Crippen LogP contribution in [0.15, 0.2) is 16.5 Å². The lowest BCUT2D eigenvalue weighted by molar-refractivity contribution is 0.0924. The second-order valence-electron chi connectivity index (χ2n) is 4.11. The van der Waals surface area contributed by atoms with Crippen molar-refractivity contribution < 1.29 is 9.21 Å². The molecular formula is C12H18N2O2. The summed E-state index contributed by atoms with van der Waals surface area (Å²) >= 11 is 0. The fourth-order valence-corrected chi connectivity index (χ4v) is 1.99. The molecule has 0 spiro atoms. The van der Waals surface area contributed by atoms with Gasteiger partial charge in [-0.3, -0.25) is 9.69 Å². The fraction of sp³-hybridized carbons (Fsp3) is 0.583. The zero-order valence-electron chi connectivity index (χ0n) is 9.66. The number of nitrogens with one attached hydrogen (secondary N) is 1. The lowest BCUT2D eigenvalue weighted by Gasteiger charge is -2.11. The molecule has 0 aliphatic carbocycles. The van der Waals surface area contributed by atoms with E-state index in [1.165, 1.54) is 12.8 Å². The molecule has 1 fully saturated rings. The normalized spacial score (nSPS) is 16.6. The Morgan fingerprint density at radius 2 is 2.19 bits per heavy atom. The van der Waals surface area contributed by atoms with Gasteiger partial charge in [0.05, 0.1) is 6.54 Å². The molecule has 0 aromatic carbocycles. The minimum absolute atomic E-state index is 0.129. The Morgan fingerprint density at radius 3 is 2.88 bits per heavy atom. The molecule has 0 radical (unpaired) electrons. The van der Waals surface area contributed by atoms with E-state index in [2.05, 4.69) is 10.2 Å². The third kappa shape index (κ3) is 2.64. The van der Waals surface area contributed by atoms with Gasteiger partial charge in [0.2, 0.25) is 0 Å². The van der Waals surface area contributed by atoms with Crippen LogP contribution in [0.4, 0.5) is 0 Å². The van der Waals surface area contributed by atoms with Gasteiger partial charge >= 0.3 is 0 Å². The predicted molar refractivity (Wildman–Crippen MR) is 61.2 cm³/mol. The Bertz CT molecular complexity index is 354. The summed E-state index contributed by atoms with van der Waals surface area (Å²) in [5.74, 6) is 1.16. The summed E-state index contributed by atoms with van der Waals surface area (Å²) in [6.07, 6.45) is 2.54. The van der Waals surface area contributed by atoms with Crippen molar-refractivity contribution in [1.29, 1.82) is 0 Å². The number of hydrogen-bond donors (Lipinski definition) is 1. The van der Waals surface area contributed by atoms with Gasteiger partial charge in [-0.1, -0.05) is 0 Å². The zero-order valence-corrected chi connectivity index (χ0v) is 9.66. The van der Waals surface area contributed by atoms with Crippen molar-refractivity contribution in [2.75, 3.05) is 19.6 Å². The van der Waals surface area contributed by atoms with Gasteiger partial charge in [0, 0.05) is 6.54 Å². The summed E-state index contributed by atoms with van der Waals surface area (Å²) < 4.78 is 5.51. The topological polar surface area (TPSA) is 45.5 Å². The molecule has 2 heterocycles. The number of likely N-dealkylation sites (tertiary alicyclic amines) is 1. The van der Waals surface area contributed by atoms with E-state index in [0.29, 0.717) is 12.3 Å². The lowest BCUT2D eigenvalue weighted by Crippen LogP contribution is -2.22. The van der Waals surface area contributed by atoms with Crippen LogP contribution in [-0.4, -0.2) is 30.4 Å². The molecule has 16 heavy (non-hydrogen) atoms. The number of hydrogen-bond acceptors (Lipinski definition) is 3. The van der Waals surface area contributed by atoms with Gasteiger partial charge in [-0.25, -0.2) is 0 Å². The minimum atomic E-state index is -0.129. The van der Waals surface area contributed by atoms with Crippen LogP contribution in [0.3, 0.4) is 0 Å². The number of carbonyl (C=O) groups is 1. The zero-order chi connectivity index (χ0) is 11.4. The van der Waals surface area contributed by atoms with Crippen molar-refractivity contribution in [1.82, 2.24) is 10.2 Å². The van der Waals surface area contributed by atoms with E-state index in [9.17, 15) is 4.79 Å². The number of amides is 1. The van der Waals surface area contributed by atoms with Crippen LogP contribution >= 0.6 is 0 Å². The maximum absolute atomic E-state index is 11.5. The van der Waals surface area contributed by atoms with Crippen LogP contribution < -0.4 is 5.32 Å². The number of carbonyl (C=O) groups excluding carboxylic acids is 1. The van der Waals surface area contributed by atoms with E-state index in [1.807, 2.05) is 13.0 Å². The van der Waals surface area contributed by atoms with Crippen molar-refractivity contribution >= 4 is 5.91 Å². The summed E-state index contributed by atoms with van der Waals surface area (Å²) in [6, 6.07) is 3.64. The van der Waals surface area contributed by atoms with Gasteiger partial charge in [-0.2, -0.15) is 0 Å². The Balaban J connectivity index is 1.93. The highest BCUT2D eigenvalue weighted by molar-refractivity contribution is 5.91. The molecule has 1 saturated heterocycles. The second-order valence-corrected chi connectivity index (χ2v) is 4.11. The average molecular weight is 222 g/mol. The largest absolute Gasteiger partial charge is 0.455 e. The lowest BCUT2D eigenvalue weighted by atomic mass is 10.4. The summed E-state index contributed by atoms with van der Waals surface area (Å²) in [7, 11) is 0. The molecule has 88 valence electrons. The van der Waals surface area contributed by atoms with Crippen molar-refractivity contribution in [3.8, 4) is 0 Å². The molecular weight excluding hydrogens is 204 g/mol. The molecule has 0 atom stereocenters. The smallest absolute Gasteiger partial charge is 0.286 e. The fourth-order valence-electron chi connectivity index (χ4n) is 1.99. The van der Waals surface area contributed by atoms with Crippen LogP contribution in [0.5, 0.6) is 0 Å². The van der Waals surface area contributed by atoms with Crippen LogP contribution in [0.1, 0.15) is 36.1 Å². The molecule has 1 aromatic heterocycles.